The summed E-state index contributed by atoms with van der Waals surface area (Å²) >= 11 is 0. The van der Waals surface area contributed by atoms with Crippen LogP contribution < -0.4 is 10.6 Å². The van der Waals surface area contributed by atoms with E-state index in [1.165, 1.54) is 7.05 Å². The first-order chi connectivity index (χ1) is 10.5. The Balaban J connectivity index is 1.95. The SMILES string of the molecule is CNC(=O)CNC(=O)COC(=O)c1oc2ccccc2c1C. The van der Waals surface area contributed by atoms with E-state index in [0.717, 1.165) is 5.39 Å². The summed E-state index contributed by atoms with van der Waals surface area (Å²) in [6, 6.07) is 7.22. The number of para-hydroxylation sites is 1. The standard InChI is InChI=1S/C15H16N2O5/c1-9-10-5-3-4-6-11(10)22-14(9)15(20)21-8-13(19)17-7-12(18)16-2/h3-6H,7-8H2,1-2H3,(H,16,18)(H,17,19). The van der Waals surface area contributed by atoms with Crippen LogP contribution in [0.5, 0.6) is 0 Å². The van der Waals surface area contributed by atoms with Gasteiger partial charge in [-0.1, -0.05) is 18.2 Å². The molecule has 7 nitrogen and oxygen atoms in total. The molecule has 1 heterocycles. The van der Waals surface area contributed by atoms with Crippen molar-refractivity contribution in [3.05, 3.63) is 35.6 Å². The fourth-order valence-corrected chi connectivity index (χ4v) is 1.88. The fourth-order valence-electron chi connectivity index (χ4n) is 1.88. The number of carbonyl (C=O) groups is 3. The van der Waals surface area contributed by atoms with E-state index in [9.17, 15) is 14.4 Å². The number of carbonyl (C=O) groups excluding carboxylic acids is 3. The van der Waals surface area contributed by atoms with Crippen LogP contribution in [-0.2, 0) is 14.3 Å². The number of aryl methyl sites for hydroxylation is 1. The molecule has 2 amide bonds. The van der Waals surface area contributed by atoms with Crippen LogP contribution >= 0.6 is 0 Å². The number of furan rings is 1. The molecule has 0 unspecified atom stereocenters. The zero-order chi connectivity index (χ0) is 16.1. The van der Waals surface area contributed by atoms with Crippen LogP contribution in [0.1, 0.15) is 16.1 Å². The lowest BCUT2D eigenvalue weighted by atomic mass is 10.1. The highest BCUT2D eigenvalue weighted by Crippen LogP contribution is 2.25. The largest absolute Gasteiger partial charge is 0.450 e. The van der Waals surface area contributed by atoms with Crippen molar-refractivity contribution in [2.45, 2.75) is 6.92 Å². The van der Waals surface area contributed by atoms with E-state index in [4.69, 9.17) is 9.15 Å². The van der Waals surface area contributed by atoms with Crippen molar-refractivity contribution < 1.29 is 23.5 Å². The molecule has 0 radical (unpaired) electrons. The number of ether oxygens (including phenoxy) is 1. The van der Waals surface area contributed by atoms with Crippen LogP contribution in [-0.4, -0.2) is 38.0 Å². The van der Waals surface area contributed by atoms with Crippen LogP contribution in [0.4, 0.5) is 0 Å². The Morgan fingerprint density at radius 2 is 1.91 bits per heavy atom. The van der Waals surface area contributed by atoms with Gasteiger partial charge in [-0.05, 0) is 13.0 Å². The van der Waals surface area contributed by atoms with Gasteiger partial charge in [0.05, 0.1) is 6.54 Å². The van der Waals surface area contributed by atoms with Crippen molar-refractivity contribution in [3.8, 4) is 0 Å². The first-order valence-electron chi connectivity index (χ1n) is 6.65. The molecule has 0 bridgehead atoms. The zero-order valence-electron chi connectivity index (χ0n) is 12.3. The van der Waals surface area contributed by atoms with Gasteiger partial charge in [0.1, 0.15) is 5.58 Å². The van der Waals surface area contributed by atoms with Crippen molar-refractivity contribution >= 4 is 28.8 Å². The summed E-state index contributed by atoms with van der Waals surface area (Å²) in [6.45, 7) is 1.09. The molecule has 7 heteroatoms. The van der Waals surface area contributed by atoms with E-state index >= 15 is 0 Å². The van der Waals surface area contributed by atoms with Crippen molar-refractivity contribution in [1.29, 1.82) is 0 Å². The Hall–Kier alpha value is -2.83. The minimum absolute atomic E-state index is 0.0697. The maximum absolute atomic E-state index is 12.0. The molecule has 0 saturated heterocycles. The zero-order valence-corrected chi connectivity index (χ0v) is 12.3. The lowest BCUT2D eigenvalue weighted by Gasteiger charge is -2.05. The Bertz CT molecular complexity index is 720. The van der Waals surface area contributed by atoms with Gasteiger partial charge >= 0.3 is 5.97 Å². The first-order valence-corrected chi connectivity index (χ1v) is 6.65. The molecule has 0 saturated carbocycles. The van der Waals surface area contributed by atoms with Gasteiger partial charge in [0.2, 0.25) is 11.7 Å². The van der Waals surface area contributed by atoms with Crippen molar-refractivity contribution in [1.82, 2.24) is 10.6 Å². The molecule has 1 aromatic heterocycles. The van der Waals surface area contributed by atoms with Gasteiger partial charge in [-0.25, -0.2) is 4.79 Å². The molecule has 116 valence electrons. The smallest absolute Gasteiger partial charge is 0.375 e. The fraction of sp³-hybridized carbons (Fsp3) is 0.267. The van der Waals surface area contributed by atoms with Gasteiger partial charge in [0.15, 0.2) is 6.61 Å². The minimum atomic E-state index is -0.719. The molecule has 0 spiro atoms. The normalized spacial score (nSPS) is 10.3. The van der Waals surface area contributed by atoms with Gasteiger partial charge in [0, 0.05) is 18.0 Å². The van der Waals surface area contributed by atoms with Crippen molar-refractivity contribution in [2.24, 2.45) is 0 Å². The monoisotopic (exact) mass is 304 g/mol. The van der Waals surface area contributed by atoms with Crippen molar-refractivity contribution in [2.75, 3.05) is 20.2 Å². The molecule has 2 rings (SSSR count). The quantitative estimate of drug-likeness (QED) is 0.795. The number of esters is 1. The van der Waals surface area contributed by atoms with Gasteiger partial charge in [-0.3, -0.25) is 9.59 Å². The van der Waals surface area contributed by atoms with Crippen LogP contribution in [0, 0.1) is 6.92 Å². The number of rotatable bonds is 5. The molecular weight excluding hydrogens is 288 g/mol. The van der Waals surface area contributed by atoms with Crippen LogP contribution in [0.3, 0.4) is 0 Å². The third kappa shape index (κ3) is 3.43. The number of fused-ring (bicyclic) bond motifs is 1. The second-order valence-electron chi connectivity index (χ2n) is 4.58. The summed E-state index contributed by atoms with van der Waals surface area (Å²) in [5.41, 5.74) is 1.24. The van der Waals surface area contributed by atoms with E-state index in [1.807, 2.05) is 12.1 Å². The summed E-state index contributed by atoms with van der Waals surface area (Å²) < 4.78 is 10.3. The Labute approximate surface area is 126 Å². The summed E-state index contributed by atoms with van der Waals surface area (Å²) in [6.07, 6.45) is 0. The molecule has 0 aliphatic heterocycles. The number of amides is 2. The van der Waals surface area contributed by atoms with E-state index in [2.05, 4.69) is 10.6 Å². The maximum Gasteiger partial charge on any atom is 0.375 e. The third-order valence-corrected chi connectivity index (χ3v) is 3.09. The lowest BCUT2D eigenvalue weighted by Crippen LogP contribution is -2.37. The summed E-state index contributed by atoms with van der Waals surface area (Å²) in [4.78, 5) is 34.4. The van der Waals surface area contributed by atoms with Gasteiger partial charge < -0.3 is 19.8 Å². The second kappa shape index (κ2) is 6.75. The highest BCUT2D eigenvalue weighted by atomic mass is 16.5. The van der Waals surface area contributed by atoms with Gasteiger partial charge in [-0.15, -0.1) is 0 Å². The molecule has 0 aliphatic carbocycles. The topological polar surface area (TPSA) is 97.6 Å². The van der Waals surface area contributed by atoms with Gasteiger partial charge in [-0.2, -0.15) is 0 Å². The summed E-state index contributed by atoms with van der Waals surface area (Å²) in [7, 11) is 1.46. The number of hydrogen-bond donors (Lipinski definition) is 2. The average molecular weight is 304 g/mol. The van der Waals surface area contributed by atoms with Crippen molar-refractivity contribution in [3.63, 3.8) is 0 Å². The van der Waals surface area contributed by atoms with E-state index < -0.39 is 18.5 Å². The molecular formula is C15H16N2O5. The van der Waals surface area contributed by atoms with Crippen LogP contribution in [0.25, 0.3) is 11.0 Å². The molecule has 0 fully saturated rings. The highest BCUT2D eigenvalue weighted by molar-refractivity contribution is 5.96. The predicted octanol–water partition coefficient (Wildman–Crippen LogP) is 0.760. The molecule has 0 atom stereocenters. The minimum Gasteiger partial charge on any atom is -0.450 e. The Morgan fingerprint density at radius 1 is 1.18 bits per heavy atom. The molecule has 1 aromatic carbocycles. The molecule has 2 N–H and O–H groups in total. The number of likely N-dealkylation sites (N-methyl/N-ethyl adjacent to an activating group) is 1. The number of hydrogen-bond acceptors (Lipinski definition) is 5. The van der Waals surface area contributed by atoms with E-state index in [-0.39, 0.29) is 18.2 Å². The highest BCUT2D eigenvalue weighted by Gasteiger charge is 2.19. The summed E-state index contributed by atoms with van der Waals surface area (Å²) in [5, 5.41) is 5.50. The first kappa shape index (κ1) is 15.6. The number of benzene rings is 1. The van der Waals surface area contributed by atoms with E-state index in [0.29, 0.717) is 11.1 Å². The third-order valence-electron chi connectivity index (χ3n) is 3.09. The Morgan fingerprint density at radius 3 is 2.59 bits per heavy atom. The van der Waals surface area contributed by atoms with E-state index in [1.54, 1.807) is 19.1 Å². The predicted molar refractivity (Wildman–Crippen MR) is 78.3 cm³/mol. The van der Waals surface area contributed by atoms with Crippen LogP contribution in [0.15, 0.2) is 28.7 Å². The second-order valence-corrected chi connectivity index (χ2v) is 4.58. The maximum atomic E-state index is 12.0. The lowest BCUT2D eigenvalue weighted by molar-refractivity contribution is -0.127. The van der Waals surface area contributed by atoms with Crippen LogP contribution in [0.2, 0.25) is 0 Å². The summed E-state index contributed by atoms with van der Waals surface area (Å²) in [5.74, 6) is -1.55. The molecule has 22 heavy (non-hydrogen) atoms. The molecule has 2 aromatic rings. The molecule has 0 aliphatic rings. The number of nitrogens with one attached hydrogen (secondary N) is 2. The average Bonchev–Trinajstić information content (AvgIpc) is 2.87. The van der Waals surface area contributed by atoms with Gasteiger partial charge in [0.25, 0.3) is 5.91 Å². The Kier molecular flexibility index (Phi) is 4.77.